The number of ether oxygens (including phenoxy) is 1. The Hall–Kier alpha value is -1.40. The van der Waals surface area contributed by atoms with Gasteiger partial charge in [-0.15, -0.1) is 0 Å². The van der Waals surface area contributed by atoms with Crippen molar-refractivity contribution in [1.82, 2.24) is 4.72 Å². The van der Waals surface area contributed by atoms with Gasteiger partial charge in [0.2, 0.25) is 10.0 Å². The van der Waals surface area contributed by atoms with Crippen LogP contribution in [0.1, 0.15) is 12.5 Å². The summed E-state index contributed by atoms with van der Waals surface area (Å²) in [5, 5.41) is 0. The number of esters is 1. The van der Waals surface area contributed by atoms with Crippen LogP contribution in [0, 0.1) is 12.8 Å². The van der Waals surface area contributed by atoms with Crippen molar-refractivity contribution >= 4 is 16.0 Å². The zero-order valence-corrected chi connectivity index (χ0v) is 11.0. The van der Waals surface area contributed by atoms with Crippen LogP contribution in [0.4, 0.5) is 0 Å². The minimum Gasteiger partial charge on any atom is -0.464 e. The molecule has 0 saturated carbocycles. The third-order valence-corrected chi connectivity index (χ3v) is 4.52. The van der Waals surface area contributed by atoms with Crippen LogP contribution in [0.25, 0.3) is 0 Å². The lowest BCUT2D eigenvalue weighted by atomic mass is 10.1. The van der Waals surface area contributed by atoms with Gasteiger partial charge in [0.25, 0.3) is 0 Å². The largest absolute Gasteiger partial charge is 0.464 e. The van der Waals surface area contributed by atoms with Gasteiger partial charge in [-0.05, 0) is 19.1 Å². The second-order valence-electron chi connectivity index (χ2n) is 4.46. The molecule has 0 unspecified atom stereocenters. The summed E-state index contributed by atoms with van der Waals surface area (Å²) in [6.45, 7) is 3.62. The predicted octanol–water partition coefficient (Wildman–Crippen LogP) is 0.835. The Morgan fingerprint density at radius 2 is 1.89 bits per heavy atom. The first kappa shape index (κ1) is 13.0. The normalized spacial score (nSPS) is 24.0. The van der Waals surface area contributed by atoms with E-state index in [9.17, 15) is 13.2 Å². The number of hydrogen-bond donors (Lipinski definition) is 1. The van der Waals surface area contributed by atoms with Gasteiger partial charge in [0.15, 0.2) is 0 Å². The molecule has 1 aromatic carbocycles. The topological polar surface area (TPSA) is 72.5 Å². The maximum atomic E-state index is 12.1. The van der Waals surface area contributed by atoms with E-state index in [1.165, 1.54) is 0 Å². The first-order chi connectivity index (χ1) is 8.40. The van der Waals surface area contributed by atoms with Gasteiger partial charge < -0.3 is 4.74 Å². The van der Waals surface area contributed by atoms with Gasteiger partial charge in [0.05, 0.1) is 16.9 Å². The Kier molecular flexibility index (Phi) is 3.41. The molecule has 98 valence electrons. The first-order valence-corrected chi connectivity index (χ1v) is 7.14. The summed E-state index contributed by atoms with van der Waals surface area (Å²) < 4.78 is 31.5. The molecule has 2 rings (SSSR count). The van der Waals surface area contributed by atoms with E-state index in [1.54, 1.807) is 31.2 Å². The molecule has 1 heterocycles. The molecule has 6 heteroatoms. The number of cyclic esters (lactones) is 1. The minimum atomic E-state index is -3.60. The number of hydrogen-bond acceptors (Lipinski definition) is 4. The third-order valence-electron chi connectivity index (χ3n) is 3.02. The first-order valence-electron chi connectivity index (χ1n) is 5.66. The zero-order chi connectivity index (χ0) is 13.3. The van der Waals surface area contributed by atoms with Crippen molar-refractivity contribution in [2.45, 2.75) is 24.8 Å². The standard InChI is InChI=1S/C12H15NO4S/c1-8-3-5-10(6-4-8)18(15,16)13-11-7-17-12(14)9(11)2/h3-6,9,11,13H,7H2,1-2H3/t9-,11+/m0/s1. The lowest BCUT2D eigenvalue weighted by Crippen LogP contribution is -2.39. The van der Waals surface area contributed by atoms with E-state index >= 15 is 0 Å². The predicted molar refractivity (Wildman–Crippen MR) is 65.4 cm³/mol. The summed E-state index contributed by atoms with van der Waals surface area (Å²) in [4.78, 5) is 11.4. The highest BCUT2D eigenvalue weighted by Crippen LogP contribution is 2.18. The van der Waals surface area contributed by atoms with Crippen molar-refractivity contribution in [3.63, 3.8) is 0 Å². The average molecular weight is 269 g/mol. The Bertz CT molecular complexity index is 550. The molecule has 1 N–H and O–H groups in total. The smallest absolute Gasteiger partial charge is 0.310 e. The van der Waals surface area contributed by atoms with Gasteiger partial charge >= 0.3 is 5.97 Å². The SMILES string of the molecule is Cc1ccc(S(=O)(=O)N[C@@H]2COC(=O)[C@H]2C)cc1. The van der Waals surface area contributed by atoms with Crippen molar-refractivity contribution in [2.75, 3.05) is 6.61 Å². The number of carbonyl (C=O) groups is 1. The maximum Gasteiger partial charge on any atom is 0.310 e. The highest BCUT2D eigenvalue weighted by Gasteiger charge is 2.36. The average Bonchev–Trinajstić information content (AvgIpc) is 2.61. The molecule has 1 saturated heterocycles. The summed E-state index contributed by atoms with van der Waals surface area (Å²) in [5.74, 6) is -0.822. The van der Waals surface area contributed by atoms with E-state index in [2.05, 4.69) is 4.72 Å². The van der Waals surface area contributed by atoms with E-state index in [1.807, 2.05) is 6.92 Å². The molecule has 1 aliphatic heterocycles. The lowest BCUT2D eigenvalue weighted by Gasteiger charge is -2.13. The van der Waals surface area contributed by atoms with Crippen molar-refractivity contribution in [1.29, 1.82) is 0 Å². The molecule has 0 aromatic heterocycles. The Morgan fingerprint density at radius 3 is 2.39 bits per heavy atom. The number of aryl methyl sites for hydroxylation is 1. The van der Waals surface area contributed by atoms with Crippen LogP contribution in [0.5, 0.6) is 0 Å². The second kappa shape index (κ2) is 4.70. The zero-order valence-electron chi connectivity index (χ0n) is 10.2. The van der Waals surface area contributed by atoms with Crippen LogP contribution in [0.3, 0.4) is 0 Å². The molecule has 1 fully saturated rings. The number of benzene rings is 1. The quantitative estimate of drug-likeness (QED) is 0.825. The summed E-state index contributed by atoms with van der Waals surface area (Å²) in [6, 6.07) is 6.05. The van der Waals surface area contributed by atoms with Crippen molar-refractivity contribution in [3.8, 4) is 0 Å². The molecule has 0 spiro atoms. The molecular weight excluding hydrogens is 254 g/mol. The van der Waals surface area contributed by atoms with Crippen molar-refractivity contribution in [2.24, 2.45) is 5.92 Å². The number of nitrogens with one attached hydrogen (secondary N) is 1. The van der Waals surface area contributed by atoms with Gasteiger partial charge in [-0.2, -0.15) is 0 Å². The molecular formula is C12H15NO4S. The highest BCUT2D eigenvalue weighted by atomic mass is 32.2. The Morgan fingerprint density at radius 1 is 1.28 bits per heavy atom. The van der Waals surface area contributed by atoms with E-state index in [4.69, 9.17) is 4.74 Å². The number of sulfonamides is 1. The van der Waals surface area contributed by atoms with Crippen LogP contribution in [-0.2, 0) is 19.6 Å². The van der Waals surface area contributed by atoms with Crippen molar-refractivity contribution < 1.29 is 17.9 Å². The van der Waals surface area contributed by atoms with Gasteiger partial charge in [0.1, 0.15) is 6.61 Å². The van der Waals surface area contributed by atoms with E-state index < -0.39 is 22.0 Å². The molecule has 18 heavy (non-hydrogen) atoms. The fourth-order valence-electron chi connectivity index (χ4n) is 1.73. The van der Waals surface area contributed by atoms with Crippen LogP contribution in [-0.4, -0.2) is 27.0 Å². The van der Waals surface area contributed by atoms with Crippen molar-refractivity contribution in [3.05, 3.63) is 29.8 Å². The molecule has 5 nitrogen and oxygen atoms in total. The molecule has 1 aromatic rings. The molecule has 0 radical (unpaired) electrons. The van der Waals surface area contributed by atoms with E-state index in [0.717, 1.165) is 5.56 Å². The van der Waals surface area contributed by atoms with Gasteiger partial charge in [-0.1, -0.05) is 24.6 Å². The lowest BCUT2D eigenvalue weighted by molar-refractivity contribution is -0.140. The minimum absolute atomic E-state index is 0.0884. The fraction of sp³-hybridized carbons (Fsp3) is 0.417. The Balaban J connectivity index is 2.17. The fourth-order valence-corrected chi connectivity index (χ4v) is 3.03. The van der Waals surface area contributed by atoms with Crippen LogP contribution >= 0.6 is 0 Å². The van der Waals surface area contributed by atoms with Gasteiger partial charge in [0, 0.05) is 0 Å². The second-order valence-corrected chi connectivity index (χ2v) is 6.17. The van der Waals surface area contributed by atoms with E-state index in [-0.39, 0.29) is 17.5 Å². The molecule has 0 bridgehead atoms. The maximum absolute atomic E-state index is 12.1. The highest BCUT2D eigenvalue weighted by molar-refractivity contribution is 7.89. The van der Waals surface area contributed by atoms with E-state index in [0.29, 0.717) is 0 Å². The summed E-state index contributed by atoms with van der Waals surface area (Å²) in [7, 11) is -3.60. The molecule has 2 atom stereocenters. The van der Waals surface area contributed by atoms with Crippen LogP contribution in [0.15, 0.2) is 29.2 Å². The molecule has 0 amide bonds. The number of rotatable bonds is 3. The van der Waals surface area contributed by atoms with Crippen LogP contribution < -0.4 is 4.72 Å². The summed E-state index contributed by atoms with van der Waals surface area (Å²) in [6.07, 6.45) is 0. The molecule has 1 aliphatic rings. The monoisotopic (exact) mass is 269 g/mol. The van der Waals surface area contributed by atoms with Crippen LogP contribution in [0.2, 0.25) is 0 Å². The van der Waals surface area contributed by atoms with Gasteiger partial charge in [-0.25, -0.2) is 13.1 Å². The summed E-state index contributed by atoms with van der Waals surface area (Å²) >= 11 is 0. The molecule has 0 aliphatic carbocycles. The van der Waals surface area contributed by atoms with Gasteiger partial charge in [-0.3, -0.25) is 4.79 Å². The summed E-state index contributed by atoms with van der Waals surface area (Å²) in [5.41, 5.74) is 0.988. The third kappa shape index (κ3) is 2.54. The number of carbonyl (C=O) groups excluding carboxylic acids is 1. The Labute approximate surface area is 106 Å².